The van der Waals surface area contributed by atoms with Gasteiger partial charge in [0.05, 0.1) is 13.2 Å². The Hall–Kier alpha value is -2.20. The first-order chi connectivity index (χ1) is 10.1. The van der Waals surface area contributed by atoms with E-state index in [4.69, 9.17) is 16.3 Å². The topological polar surface area (TPSA) is 50.4 Å². The molecule has 0 aliphatic carbocycles. The van der Waals surface area contributed by atoms with Gasteiger partial charge in [0.1, 0.15) is 5.75 Å². The van der Waals surface area contributed by atoms with Crippen molar-refractivity contribution in [3.05, 3.63) is 59.1 Å². The van der Waals surface area contributed by atoms with Crippen molar-refractivity contribution in [2.45, 2.75) is 13.0 Å². The number of benzene rings is 2. The maximum atomic E-state index is 11.9. The van der Waals surface area contributed by atoms with Crippen LogP contribution in [0.3, 0.4) is 0 Å². The highest BCUT2D eigenvalue weighted by Crippen LogP contribution is 2.18. The van der Waals surface area contributed by atoms with E-state index >= 15 is 0 Å². The van der Waals surface area contributed by atoms with Gasteiger partial charge in [0.25, 0.3) is 0 Å². The second-order valence-corrected chi connectivity index (χ2v) is 5.04. The predicted octanol–water partition coefficient (Wildman–Crippen LogP) is 4.23. The number of carbonyl (C=O) groups excluding carboxylic acids is 1. The number of ether oxygens (including phenoxy) is 1. The lowest BCUT2D eigenvalue weighted by Gasteiger charge is -2.15. The summed E-state index contributed by atoms with van der Waals surface area (Å²) >= 11 is 5.87. The minimum atomic E-state index is -0.277. The van der Waals surface area contributed by atoms with E-state index in [-0.39, 0.29) is 12.1 Å². The molecule has 0 unspecified atom stereocenters. The number of hydrogen-bond acceptors (Lipinski definition) is 2. The molecule has 0 aromatic heterocycles. The van der Waals surface area contributed by atoms with E-state index in [2.05, 4.69) is 10.6 Å². The molecular formula is C16H17ClN2O2. The van der Waals surface area contributed by atoms with Crippen LogP contribution in [-0.2, 0) is 0 Å². The van der Waals surface area contributed by atoms with Crippen LogP contribution < -0.4 is 15.4 Å². The van der Waals surface area contributed by atoms with Crippen LogP contribution in [0, 0.1) is 0 Å². The lowest BCUT2D eigenvalue weighted by atomic mass is 10.1. The summed E-state index contributed by atoms with van der Waals surface area (Å²) in [6.45, 7) is 1.92. The summed E-state index contributed by atoms with van der Waals surface area (Å²) in [5.74, 6) is 0.786. The molecule has 0 bridgehead atoms. The van der Waals surface area contributed by atoms with Crippen LogP contribution >= 0.6 is 11.6 Å². The van der Waals surface area contributed by atoms with Crippen LogP contribution in [0.2, 0.25) is 5.02 Å². The van der Waals surface area contributed by atoms with Crippen molar-refractivity contribution < 1.29 is 9.53 Å². The molecule has 110 valence electrons. The number of rotatable bonds is 4. The molecule has 2 rings (SSSR count). The molecule has 5 heteroatoms. The first-order valence-corrected chi connectivity index (χ1v) is 6.93. The largest absolute Gasteiger partial charge is 0.497 e. The highest BCUT2D eigenvalue weighted by Gasteiger charge is 2.09. The molecule has 21 heavy (non-hydrogen) atoms. The van der Waals surface area contributed by atoms with Crippen LogP contribution in [0.25, 0.3) is 0 Å². The number of hydrogen-bond donors (Lipinski definition) is 2. The number of amides is 2. The standard InChI is InChI=1S/C16H17ClN2O2/c1-11(12-6-8-15(21-2)9-7-12)18-16(20)19-14-5-3-4-13(17)10-14/h3-11H,1-2H3,(H2,18,19,20)/t11-/m0/s1. The van der Waals surface area contributed by atoms with Gasteiger partial charge in [0.15, 0.2) is 0 Å². The molecule has 2 aromatic rings. The van der Waals surface area contributed by atoms with E-state index in [9.17, 15) is 4.79 Å². The molecule has 0 saturated carbocycles. The molecule has 2 amide bonds. The van der Waals surface area contributed by atoms with Crippen molar-refractivity contribution in [2.75, 3.05) is 12.4 Å². The van der Waals surface area contributed by atoms with Crippen LogP contribution in [0.15, 0.2) is 48.5 Å². The second-order valence-electron chi connectivity index (χ2n) is 4.60. The molecular weight excluding hydrogens is 288 g/mol. The summed E-state index contributed by atoms with van der Waals surface area (Å²) in [4.78, 5) is 11.9. The second kappa shape index (κ2) is 6.99. The summed E-state index contributed by atoms with van der Waals surface area (Å²) in [7, 11) is 1.62. The number of methoxy groups -OCH3 is 1. The molecule has 1 atom stereocenters. The fourth-order valence-electron chi connectivity index (χ4n) is 1.91. The van der Waals surface area contributed by atoms with Gasteiger partial charge in [-0.1, -0.05) is 29.8 Å². The Bertz CT molecular complexity index is 614. The first-order valence-electron chi connectivity index (χ1n) is 6.55. The summed E-state index contributed by atoms with van der Waals surface area (Å²) in [5, 5.41) is 6.19. The third kappa shape index (κ3) is 4.39. The fourth-order valence-corrected chi connectivity index (χ4v) is 2.10. The van der Waals surface area contributed by atoms with E-state index < -0.39 is 0 Å². The van der Waals surface area contributed by atoms with Crippen molar-refractivity contribution in [1.82, 2.24) is 5.32 Å². The van der Waals surface area contributed by atoms with Crippen molar-refractivity contribution in [2.24, 2.45) is 0 Å². The predicted molar refractivity (Wildman–Crippen MR) is 85.0 cm³/mol. The van der Waals surface area contributed by atoms with Gasteiger partial charge in [0, 0.05) is 10.7 Å². The van der Waals surface area contributed by atoms with Gasteiger partial charge in [-0.05, 0) is 42.8 Å². The molecule has 2 N–H and O–H groups in total. The minimum Gasteiger partial charge on any atom is -0.497 e. The number of carbonyl (C=O) groups is 1. The summed E-state index contributed by atoms with van der Waals surface area (Å²) in [6.07, 6.45) is 0. The SMILES string of the molecule is COc1ccc([C@H](C)NC(=O)Nc2cccc(Cl)c2)cc1. The van der Waals surface area contributed by atoms with Gasteiger partial charge in [0.2, 0.25) is 0 Å². The normalized spacial score (nSPS) is 11.6. The van der Waals surface area contributed by atoms with E-state index in [1.165, 1.54) is 0 Å². The minimum absolute atomic E-state index is 0.116. The van der Waals surface area contributed by atoms with Gasteiger partial charge in [-0.2, -0.15) is 0 Å². The molecule has 0 heterocycles. The van der Waals surface area contributed by atoms with Crippen molar-refractivity contribution in [1.29, 1.82) is 0 Å². The number of anilines is 1. The number of halogens is 1. The summed E-state index contributed by atoms with van der Waals surface area (Å²) < 4.78 is 5.11. The third-order valence-electron chi connectivity index (χ3n) is 3.05. The van der Waals surface area contributed by atoms with Crippen LogP contribution in [-0.4, -0.2) is 13.1 Å². The Morgan fingerprint density at radius 3 is 2.52 bits per heavy atom. The average molecular weight is 305 g/mol. The lowest BCUT2D eigenvalue weighted by molar-refractivity contribution is 0.249. The quantitative estimate of drug-likeness (QED) is 0.888. The molecule has 4 nitrogen and oxygen atoms in total. The van der Waals surface area contributed by atoms with Gasteiger partial charge >= 0.3 is 6.03 Å². The van der Waals surface area contributed by atoms with E-state index in [0.717, 1.165) is 11.3 Å². The Labute approximate surface area is 129 Å². The zero-order valence-electron chi connectivity index (χ0n) is 11.9. The van der Waals surface area contributed by atoms with E-state index in [0.29, 0.717) is 10.7 Å². The number of urea groups is 1. The summed E-state index contributed by atoms with van der Waals surface area (Å²) in [6, 6.07) is 14.2. The van der Waals surface area contributed by atoms with Crippen LogP contribution in [0.4, 0.5) is 10.5 Å². The third-order valence-corrected chi connectivity index (χ3v) is 3.28. The molecule has 0 fully saturated rings. The summed E-state index contributed by atoms with van der Waals surface area (Å²) in [5.41, 5.74) is 1.65. The van der Waals surface area contributed by atoms with E-state index in [1.54, 1.807) is 31.4 Å². The fraction of sp³-hybridized carbons (Fsp3) is 0.188. The Morgan fingerprint density at radius 1 is 1.19 bits per heavy atom. The molecule has 0 aliphatic heterocycles. The molecule has 0 saturated heterocycles. The highest BCUT2D eigenvalue weighted by molar-refractivity contribution is 6.30. The Morgan fingerprint density at radius 2 is 1.90 bits per heavy atom. The maximum absolute atomic E-state index is 11.9. The average Bonchev–Trinajstić information content (AvgIpc) is 2.47. The maximum Gasteiger partial charge on any atom is 0.319 e. The molecule has 0 spiro atoms. The van der Waals surface area contributed by atoms with Crippen molar-refractivity contribution >= 4 is 23.3 Å². The Balaban J connectivity index is 1.95. The van der Waals surface area contributed by atoms with Crippen LogP contribution in [0.5, 0.6) is 5.75 Å². The van der Waals surface area contributed by atoms with Crippen LogP contribution in [0.1, 0.15) is 18.5 Å². The highest BCUT2D eigenvalue weighted by atomic mass is 35.5. The molecule has 0 aliphatic rings. The van der Waals surface area contributed by atoms with Gasteiger partial charge in [-0.15, -0.1) is 0 Å². The van der Waals surface area contributed by atoms with Crippen molar-refractivity contribution in [3.8, 4) is 5.75 Å². The van der Waals surface area contributed by atoms with E-state index in [1.807, 2.05) is 31.2 Å². The first kappa shape index (κ1) is 15.2. The zero-order valence-corrected chi connectivity index (χ0v) is 12.6. The smallest absolute Gasteiger partial charge is 0.319 e. The lowest BCUT2D eigenvalue weighted by Crippen LogP contribution is -2.31. The van der Waals surface area contributed by atoms with Gasteiger partial charge < -0.3 is 15.4 Å². The van der Waals surface area contributed by atoms with Gasteiger partial charge in [-0.3, -0.25) is 0 Å². The Kier molecular flexibility index (Phi) is 5.06. The monoisotopic (exact) mass is 304 g/mol. The molecule has 2 aromatic carbocycles. The van der Waals surface area contributed by atoms with Gasteiger partial charge in [-0.25, -0.2) is 4.79 Å². The number of nitrogens with one attached hydrogen (secondary N) is 2. The molecule has 0 radical (unpaired) electrons. The van der Waals surface area contributed by atoms with Crippen molar-refractivity contribution in [3.63, 3.8) is 0 Å². The zero-order chi connectivity index (χ0) is 15.2.